The second kappa shape index (κ2) is 6.92. The molecule has 2 aromatic rings. The SMILES string of the molecule is CC(O)c1ccc(C2(CNS(=O)(=O)c3cccnc3)CCCC2)s1. The Bertz CT molecular complexity index is 779. The van der Waals surface area contributed by atoms with E-state index >= 15 is 0 Å². The first-order chi connectivity index (χ1) is 11.4. The number of thiophene rings is 1. The Morgan fingerprint density at radius 2 is 2.08 bits per heavy atom. The van der Waals surface area contributed by atoms with Gasteiger partial charge in [-0.25, -0.2) is 13.1 Å². The molecule has 7 heteroatoms. The van der Waals surface area contributed by atoms with Crippen LogP contribution in [0.15, 0.2) is 41.6 Å². The maximum atomic E-state index is 12.5. The fourth-order valence-corrected chi connectivity index (χ4v) is 5.53. The van der Waals surface area contributed by atoms with Crippen LogP contribution in [0.4, 0.5) is 0 Å². The number of hydrogen-bond donors (Lipinski definition) is 2. The van der Waals surface area contributed by atoms with Crippen molar-refractivity contribution < 1.29 is 13.5 Å². The van der Waals surface area contributed by atoms with E-state index in [0.29, 0.717) is 6.54 Å². The number of aliphatic hydroxyl groups is 1. The van der Waals surface area contributed by atoms with Crippen LogP contribution in [-0.4, -0.2) is 25.1 Å². The molecule has 24 heavy (non-hydrogen) atoms. The highest BCUT2D eigenvalue weighted by Gasteiger charge is 2.38. The van der Waals surface area contributed by atoms with Crippen LogP contribution in [0.1, 0.15) is 48.5 Å². The maximum Gasteiger partial charge on any atom is 0.242 e. The molecule has 3 rings (SSSR count). The molecule has 1 unspecified atom stereocenters. The van der Waals surface area contributed by atoms with E-state index in [-0.39, 0.29) is 10.3 Å². The molecule has 2 heterocycles. The van der Waals surface area contributed by atoms with Gasteiger partial charge in [-0.1, -0.05) is 12.8 Å². The monoisotopic (exact) mass is 366 g/mol. The van der Waals surface area contributed by atoms with Crippen LogP contribution in [0.2, 0.25) is 0 Å². The summed E-state index contributed by atoms with van der Waals surface area (Å²) in [5.41, 5.74) is -0.174. The smallest absolute Gasteiger partial charge is 0.242 e. The van der Waals surface area contributed by atoms with E-state index in [4.69, 9.17) is 0 Å². The van der Waals surface area contributed by atoms with E-state index in [0.717, 1.165) is 35.4 Å². The molecule has 0 aliphatic heterocycles. The van der Waals surface area contributed by atoms with Crippen molar-refractivity contribution >= 4 is 21.4 Å². The highest BCUT2D eigenvalue weighted by molar-refractivity contribution is 7.89. The largest absolute Gasteiger partial charge is 0.388 e. The number of hydrogen-bond acceptors (Lipinski definition) is 5. The summed E-state index contributed by atoms with van der Waals surface area (Å²) in [6.45, 7) is 2.13. The van der Waals surface area contributed by atoms with Gasteiger partial charge < -0.3 is 5.11 Å². The van der Waals surface area contributed by atoms with Gasteiger partial charge >= 0.3 is 0 Å². The Hall–Kier alpha value is -1.28. The summed E-state index contributed by atoms with van der Waals surface area (Å²) < 4.78 is 27.7. The lowest BCUT2D eigenvalue weighted by atomic mass is 9.85. The number of nitrogens with one attached hydrogen (secondary N) is 1. The minimum atomic E-state index is -3.56. The first-order valence-electron chi connectivity index (χ1n) is 8.11. The van der Waals surface area contributed by atoms with Crippen LogP contribution in [0.3, 0.4) is 0 Å². The van der Waals surface area contributed by atoms with E-state index < -0.39 is 16.1 Å². The number of sulfonamides is 1. The molecular formula is C17H22N2O3S2. The average Bonchev–Trinajstić information content (AvgIpc) is 3.24. The van der Waals surface area contributed by atoms with Crippen LogP contribution in [-0.2, 0) is 15.4 Å². The number of aromatic nitrogens is 1. The highest BCUT2D eigenvalue weighted by atomic mass is 32.2. The second-order valence-corrected chi connectivity index (χ2v) is 9.26. The molecule has 0 amide bonds. The van der Waals surface area contributed by atoms with Crippen molar-refractivity contribution in [2.24, 2.45) is 0 Å². The average molecular weight is 367 g/mol. The molecule has 1 aliphatic carbocycles. The summed E-state index contributed by atoms with van der Waals surface area (Å²) in [7, 11) is -3.56. The van der Waals surface area contributed by atoms with Crippen LogP contribution in [0.5, 0.6) is 0 Å². The first kappa shape index (κ1) is 17.5. The van der Waals surface area contributed by atoms with Gasteiger partial charge in [0.1, 0.15) is 4.90 Å². The lowest BCUT2D eigenvalue weighted by Gasteiger charge is -2.28. The van der Waals surface area contributed by atoms with Crippen LogP contribution in [0.25, 0.3) is 0 Å². The zero-order valence-electron chi connectivity index (χ0n) is 13.6. The molecule has 0 bridgehead atoms. The predicted molar refractivity (Wildman–Crippen MR) is 94.5 cm³/mol. The Morgan fingerprint density at radius 3 is 2.67 bits per heavy atom. The van der Waals surface area contributed by atoms with Crippen LogP contribution in [0, 0.1) is 0 Å². The summed E-state index contributed by atoms with van der Waals surface area (Å²) in [6, 6.07) is 7.15. The quantitative estimate of drug-likeness (QED) is 0.824. The second-order valence-electron chi connectivity index (χ2n) is 6.38. The van der Waals surface area contributed by atoms with E-state index in [1.807, 2.05) is 12.1 Å². The highest BCUT2D eigenvalue weighted by Crippen LogP contribution is 2.44. The van der Waals surface area contributed by atoms with Crippen molar-refractivity contribution in [1.82, 2.24) is 9.71 Å². The zero-order valence-corrected chi connectivity index (χ0v) is 15.2. The summed E-state index contributed by atoms with van der Waals surface area (Å²) in [5.74, 6) is 0. The van der Waals surface area contributed by atoms with Gasteiger partial charge in [-0.3, -0.25) is 4.98 Å². The predicted octanol–water partition coefficient (Wildman–Crippen LogP) is 2.99. The van der Waals surface area contributed by atoms with Gasteiger partial charge in [0.25, 0.3) is 0 Å². The third-order valence-electron chi connectivity index (χ3n) is 4.67. The molecule has 1 aliphatic rings. The van der Waals surface area contributed by atoms with Crippen molar-refractivity contribution in [2.45, 2.75) is 49.0 Å². The number of rotatable bonds is 6. The maximum absolute atomic E-state index is 12.5. The topological polar surface area (TPSA) is 79.3 Å². The van der Waals surface area contributed by atoms with Crippen molar-refractivity contribution in [3.63, 3.8) is 0 Å². The molecule has 1 atom stereocenters. The van der Waals surface area contributed by atoms with Gasteiger partial charge in [0.15, 0.2) is 0 Å². The van der Waals surface area contributed by atoms with Crippen molar-refractivity contribution in [3.8, 4) is 0 Å². The van der Waals surface area contributed by atoms with E-state index in [1.54, 1.807) is 36.6 Å². The molecule has 2 N–H and O–H groups in total. The standard InChI is InChI=1S/C17H22N2O3S2/c1-13(20)15-6-7-16(23-15)17(8-2-3-9-17)12-19-24(21,22)14-5-4-10-18-11-14/h4-7,10-11,13,19-20H,2-3,8-9,12H2,1H3. The van der Waals surface area contributed by atoms with Crippen LogP contribution < -0.4 is 4.72 Å². The fourth-order valence-electron chi connectivity index (χ4n) is 3.25. The van der Waals surface area contributed by atoms with Gasteiger partial charge in [0.2, 0.25) is 10.0 Å². The molecule has 0 radical (unpaired) electrons. The molecule has 1 saturated carbocycles. The van der Waals surface area contributed by atoms with E-state index in [9.17, 15) is 13.5 Å². The molecule has 130 valence electrons. The molecular weight excluding hydrogens is 344 g/mol. The number of aliphatic hydroxyl groups excluding tert-OH is 1. The minimum absolute atomic E-state index is 0.174. The summed E-state index contributed by atoms with van der Waals surface area (Å²) in [4.78, 5) is 6.15. The lowest BCUT2D eigenvalue weighted by Crippen LogP contribution is -2.38. The zero-order chi connectivity index (χ0) is 17.2. The lowest BCUT2D eigenvalue weighted by molar-refractivity contribution is 0.203. The van der Waals surface area contributed by atoms with E-state index in [2.05, 4.69) is 9.71 Å². The number of pyridine rings is 1. The molecule has 0 aromatic carbocycles. The summed E-state index contributed by atoms with van der Waals surface area (Å²) in [5, 5.41) is 9.76. The van der Waals surface area contributed by atoms with Crippen molar-refractivity contribution in [1.29, 1.82) is 0 Å². The van der Waals surface area contributed by atoms with Gasteiger partial charge in [-0.2, -0.15) is 0 Å². The molecule has 1 fully saturated rings. The molecule has 2 aromatic heterocycles. The molecule has 5 nitrogen and oxygen atoms in total. The Morgan fingerprint density at radius 1 is 1.33 bits per heavy atom. The normalized spacial score (nSPS) is 18.6. The third-order valence-corrected chi connectivity index (χ3v) is 7.56. The Kier molecular flexibility index (Phi) is 5.05. The van der Waals surface area contributed by atoms with Crippen molar-refractivity contribution in [2.75, 3.05) is 6.54 Å². The van der Waals surface area contributed by atoms with Crippen molar-refractivity contribution in [3.05, 3.63) is 46.4 Å². The van der Waals surface area contributed by atoms with Gasteiger partial charge in [-0.05, 0) is 44.0 Å². The summed E-state index contributed by atoms with van der Waals surface area (Å²) in [6.07, 6.45) is 6.54. The summed E-state index contributed by atoms with van der Waals surface area (Å²) >= 11 is 1.59. The minimum Gasteiger partial charge on any atom is -0.388 e. The Labute approximate surface area is 146 Å². The molecule has 0 spiro atoms. The van der Waals surface area contributed by atoms with Gasteiger partial charge in [0, 0.05) is 34.1 Å². The number of nitrogens with zero attached hydrogens (tertiary/aromatic N) is 1. The fraction of sp³-hybridized carbons (Fsp3) is 0.471. The first-order valence-corrected chi connectivity index (χ1v) is 10.4. The van der Waals surface area contributed by atoms with Crippen LogP contribution >= 0.6 is 11.3 Å². The van der Waals surface area contributed by atoms with Gasteiger partial charge in [-0.15, -0.1) is 11.3 Å². The third kappa shape index (κ3) is 3.54. The Balaban J connectivity index is 1.82. The van der Waals surface area contributed by atoms with E-state index in [1.165, 1.54) is 6.20 Å². The molecule has 0 saturated heterocycles. The van der Waals surface area contributed by atoms with Gasteiger partial charge in [0.05, 0.1) is 6.10 Å².